The molecule has 0 radical (unpaired) electrons. The first-order valence-corrected chi connectivity index (χ1v) is 9.04. The molecule has 1 aromatic heterocycles. The molecule has 0 aliphatic carbocycles. The highest BCUT2D eigenvalue weighted by molar-refractivity contribution is 5.95. The lowest BCUT2D eigenvalue weighted by Crippen LogP contribution is -2.39. The summed E-state index contributed by atoms with van der Waals surface area (Å²) in [7, 11) is 1.89. The zero-order chi connectivity index (χ0) is 17.4. The van der Waals surface area contributed by atoms with Gasteiger partial charge in [-0.1, -0.05) is 18.2 Å². The monoisotopic (exact) mass is 339 g/mol. The zero-order valence-corrected chi connectivity index (χ0v) is 14.9. The first-order chi connectivity index (χ1) is 12.1. The van der Waals surface area contributed by atoms with Gasteiger partial charge in [0, 0.05) is 31.4 Å². The lowest BCUT2D eigenvalue weighted by Gasteiger charge is -2.26. The molecule has 25 heavy (non-hydrogen) atoms. The summed E-state index contributed by atoms with van der Waals surface area (Å²) in [6, 6.07) is 11.0. The highest BCUT2D eigenvalue weighted by Crippen LogP contribution is 2.33. The number of anilines is 1. The Labute approximate surface area is 148 Å². The summed E-state index contributed by atoms with van der Waals surface area (Å²) < 4.78 is 5.72. The van der Waals surface area contributed by atoms with Crippen LogP contribution in [-0.2, 0) is 13.0 Å². The van der Waals surface area contributed by atoms with Crippen molar-refractivity contribution in [1.29, 1.82) is 0 Å². The van der Waals surface area contributed by atoms with Crippen molar-refractivity contribution in [2.24, 2.45) is 0 Å². The number of carbonyl (C=O) groups is 1. The molecule has 1 N–H and O–H groups in total. The molecule has 5 nitrogen and oxygen atoms in total. The highest BCUT2D eigenvalue weighted by Gasteiger charge is 2.30. The van der Waals surface area contributed by atoms with E-state index in [2.05, 4.69) is 41.4 Å². The lowest BCUT2D eigenvalue weighted by molar-refractivity contribution is 0.0741. The number of fused-ring (bicyclic) bond motifs is 1. The fourth-order valence-corrected chi connectivity index (χ4v) is 4.00. The Hall–Kier alpha value is -2.27. The Bertz CT molecular complexity index is 764. The van der Waals surface area contributed by atoms with Gasteiger partial charge in [0.1, 0.15) is 5.76 Å². The van der Waals surface area contributed by atoms with E-state index in [1.54, 1.807) is 6.26 Å². The van der Waals surface area contributed by atoms with Crippen molar-refractivity contribution in [3.63, 3.8) is 0 Å². The number of hydrogen-bond acceptors (Lipinski definition) is 4. The quantitative estimate of drug-likeness (QED) is 0.930. The van der Waals surface area contributed by atoms with Gasteiger partial charge in [-0.05, 0) is 44.0 Å². The summed E-state index contributed by atoms with van der Waals surface area (Å²) in [5.41, 5.74) is 3.30. The van der Waals surface area contributed by atoms with Crippen molar-refractivity contribution in [3.8, 4) is 0 Å². The molecule has 0 bridgehead atoms. The first-order valence-electron chi connectivity index (χ1n) is 9.04. The van der Waals surface area contributed by atoms with Gasteiger partial charge < -0.3 is 19.5 Å². The van der Waals surface area contributed by atoms with E-state index in [1.807, 2.05) is 18.0 Å². The predicted octanol–water partition coefficient (Wildman–Crippen LogP) is 2.66. The van der Waals surface area contributed by atoms with E-state index in [9.17, 15) is 4.79 Å². The Morgan fingerprint density at radius 3 is 3.00 bits per heavy atom. The van der Waals surface area contributed by atoms with Crippen LogP contribution in [0, 0.1) is 0 Å². The van der Waals surface area contributed by atoms with Crippen LogP contribution in [0.3, 0.4) is 0 Å². The van der Waals surface area contributed by atoms with Gasteiger partial charge in [-0.25, -0.2) is 0 Å². The Balaban J connectivity index is 1.55. The van der Waals surface area contributed by atoms with E-state index in [4.69, 9.17) is 4.42 Å². The minimum atomic E-state index is 0.0533. The van der Waals surface area contributed by atoms with E-state index >= 15 is 0 Å². The van der Waals surface area contributed by atoms with Crippen molar-refractivity contribution >= 4 is 11.6 Å². The Morgan fingerprint density at radius 2 is 2.20 bits per heavy atom. The normalized spacial score (nSPS) is 22.2. The number of para-hydroxylation sites is 1. The van der Waals surface area contributed by atoms with Crippen molar-refractivity contribution in [1.82, 2.24) is 10.2 Å². The second-order valence-electron chi connectivity index (χ2n) is 7.13. The van der Waals surface area contributed by atoms with Gasteiger partial charge in [-0.3, -0.25) is 4.79 Å². The molecule has 1 amide bonds. The van der Waals surface area contributed by atoms with Crippen LogP contribution in [-0.4, -0.2) is 43.0 Å². The minimum Gasteiger partial charge on any atom is -0.467 e. The van der Waals surface area contributed by atoms with Gasteiger partial charge in [-0.2, -0.15) is 0 Å². The van der Waals surface area contributed by atoms with E-state index in [0.717, 1.165) is 31.7 Å². The molecule has 2 unspecified atom stereocenters. The van der Waals surface area contributed by atoms with Gasteiger partial charge in [0.05, 0.1) is 18.4 Å². The fourth-order valence-electron chi connectivity index (χ4n) is 4.00. The van der Waals surface area contributed by atoms with Crippen LogP contribution in [0.4, 0.5) is 5.69 Å². The molecule has 5 heteroatoms. The molecular formula is C20H25N3O2. The number of likely N-dealkylation sites (N-methyl/N-ethyl adjacent to an activating group) is 1. The molecule has 2 aliphatic heterocycles. The van der Waals surface area contributed by atoms with E-state index in [-0.39, 0.29) is 11.9 Å². The number of hydrogen-bond donors (Lipinski definition) is 1. The van der Waals surface area contributed by atoms with Gasteiger partial charge in [0.15, 0.2) is 0 Å². The first kappa shape index (κ1) is 16.2. The molecule has 1 fully saturated rings. The predicted molar refractivity (Wildman–Crippen MR) is 97.9 cm³/mol. The van der Waals surface area contributed by atoms with Crippen LogP contribution in [0.2, 0.25) is 0 Å². The molecular weight excluding hydrogens is 314 g/mol. The molecule has 2 aromatic rings. The van der Waals surface area contributed by atoms with E-state index in [0.29, 0.717) is 18.2 Å². The van der Waals surface area contributed by atoms with Crippen molar-refractivity contribution < 1.29 is 9.21 Å². The smallest absolute Gasteiger partial charge is 0.257 e. The maximum Gasteiger partial charge on any atom is 0.257 e. The average molecular weight is 339 g/mol. The van der Waals surface area contributed by atoms with Crippen molar-refractivity contribution in [2.75, 3.05) is 25.0 Å². The number of nitrogens with one attached hydrogen (secondary N) is 1. The summed E-state index contributed by atoms with van der Waals surface area (Å²) in [6.07, 6.45) is 3.68. The largest absolute Gasteiger partial charge is 0.467 e. The molecule has 0 saturated carbocycles. The summed E-state index contributed by atoms with van der Waals surface area (Å²) in [4.78, 5) is 17.1. The third kappa shape index (κ3) is 2.93. The number of rotatable bonds is 4. The number of furan rings is 1. The summed E-state index contributed by atoms with van der Waals surface area (Å²) in [6.45, 7) is 4.69. The van der Waals surface area contributed by atoms with Crippen molar-refractivity contribution in [3.05, 3.63) is 53.5 Å². The number of carbonyl (C=O) groups excluding carboxylic acids is 1. The zero-order valence-electron chi connectivity index (χ0n) is 14.9. The average Bonchev–Trinajstić information content (AvgIpc) is 3.35. The van der Waals surface area contributed by atoms with E-state index < -0.39 is 0 Å². The third-order valence-corrected chi connectivity index (χ3v) is 5.54. The van der Waals surface area contributed by atoms with Crippen LogP contribution >= 0.6 is 0 Å². The van der Waals surface area contributed by atoms with Crippen LogP contribution in [0.1, 0.15) is 35.0 Å². The molecule has 2 atom stereocenters. The summed E-state index contributed by atoms with van der Waals surface area (Å²) >= 11 is 0. The van der Waals surface area contributed by atoms with Gasteiger partial charge >= 0.3 is 0 Å². The van der Waals surface area contributed by atoms with E-state index in [1.165, 1.54) is 11.3 Å². The SMILES string of the molecule is CC1Cc2ccccc2N1Cc1occc1C(=O)N(C)C1CCNC1. The van der Waals surface area contributed by atoms with Crippen molar-refractivity contribution in [2.45, 2.75) is 38.4 Å². The molecule has 1 saturated heterocycles. The van der Waals surface area contributed by atoms with Crippen LogP contribution in [0.5, 0.6) is 0 Å². The second-order valence-corrected chi connectivity index (χ2v) is 7.13. The highest BCUT2D eigenvalue weighted by atomic mass is 16.3. The van der Waals surface area contributed by atoms with Crippen LogP contribution in [0.25, 0.3) is 0 Å². The fraction of sp³-hybridized carbons (Fsp3) is 0.450. The minimum absolute atomic E-state index is 0.0533. The maximum absolute atomic E-state index is 12.9. The summed E-state index contributed by atoms with van der Waals surface area (Å²) in [5, 5.41) is 3.32. The second kappa shape index (κ2) is 6.56. The third-order valence-electron chi connectivity index (χ3n) is 5.54. The number of amides is 1. The van der Waals surface area contributed by atoms with Crippen LogP contribution < -0.4 is 10.2 Å². The molecule has 0 spiro atoms. The lowest BCUT2D eigenvalue weighted by atomic mass is 10.1. The topological polar surface area (TPSA) is 48.7 Å². The Kier molecular flexibility index (Phi) is 4.25. The molecule has 4 rings (SSSR count). The molecule has 2 aliphatic rings. The molecule has 132 valence electrons. The molecule has 1 aromatic carbocycles. The van der Waals surface area contributed by atoms with Gasteiger partial charge in [-0.15, -0.1) is 0 Å². The maximum atomic E-state index is 12.9. The standard InChI is InChI=1S/C20H25N3O2/c1-14-11-15-5-3-4-6-18(15)23(14)13-19-17(8-10-25-19)20(24)22(2)16-7-9-21-12-16/h3-6,8,10,14,16,21H,7,9,11-13H2,1-2H3. The Morgan fingerprint density at radius 1 is 1.36 bits per heavy atom. The number of nitrogens with zero attached hydrogens (tertiary/aromatic N) is 2. The molecule has 3 heterocycles. The van der Waals surface area contributed by atoms with Crippen LogP contribution in [0.15, 0.2) is 41.0 Å². The van der Waals surface area contributed by atoms with Gasteiger partial charge in [0.2, 0.25) is 0 Å². The number of benzene rings is 1. The van der Waals surface area contributed by atoms with Gasteiger partial charge in [0.25, 0.3) is 5.91 Å². The summed E-state index contributed by atoms with van der Waals surface area (Å²) in [5.74, 6) is 0.809.